The van der Waals surface area contributed by atoms with Gasteiger partial charge in [0.1, 0.15) is 6.10 Å². The standard InChI is InChI=1S/C11H15ClO3/c12-8-10(13)11(14)15-7-6-9-4-2-1-3-5-9/h1-5,10-11,13-14H,6-8H2/t10-,11+/m1/s1. The van der Waals surface area contributed by atoms with Gasteiger partial charge < -0.3 is 14.9 Å². The zero-order valence-electron chi connectivity index (χ0n) is 8.34. The van der Waals surface area contributed by atoms with Crippen molar-refractivity contribution in [2.45, 2.75) is 18.8 Å². The molecule has 0 radical (unpaired) electrons. The first-order valence-electron chi connectivity index (χ1n) is 4.81. The van der Waals surface area contributed by atoms with Gasteiger partial charge in [0.05, 0.1) is 12.5 Å². The van der Waals surface area contributed by atoms with Crippen molar-refractivity contribution in [3.05, 3.63) is 35.9 Å². The molecule has 3 nitrogen and oxygen atoms in total. The monoisotopic (exact) mass is 230 g/mol. The molecule has 0 aliphatic heterocycles. The van der Waals surface area contributed by atoms with Crippen LogP contribution in [0, 0.1) is 0 Å². The van der Waals surface area contributed by atoms with Crippen molar-refractivity contribution in [1.29, 1.82) is 0 Å². The molecular formula is C11H15ClO3. The lowest BCUT2D eigenvalue weighted by Gasteiger charge is -2.15. The van der Waals surface area contributed by atoms with Gasteiger partial charge in [0, 0.05) is 0 Å². The normalized spacial score (nSPS) is 14.9. The van der Waals surface area contributed by atoms with Crippen molar-refractivity contribution in [3.8, 4) is 0 Å². The molecule has 0 aromatic heterocycles. The summed E-state index contributed by atoms with van der Waals surface area (Å²) < 4.78 is 5.02. The second-order valence-electron chi connectivity index (χ2n) is 3.22. The summed E-state index contributed by atoms with van der Waals surface area (Å²) in [5, 5.41) is 18.4. The van der Waals surface area contributed by atoms with Crippen LogP contribution in [0.1, 0.15) is 5.56 Å². The van der Waals surface area contributed by atoms with E-state index in [9.17, 15) is 5.11 Å². The van der Waals surface area contributed by atoms with Crippen LogP contribution in [0.4, 0.5) is 0 Å². The quantitative estimate of drug-likeness (QED) is 0.570. The number of ether oxygens (including phenoxy) is 1. The zero-order valence-corrected chi connectivity index (χ0v) is 9.10. The summed E-state index contributed by atoms with van der Waals surface area (Å²) in [6.07, 6.45) is -1.53. The van der Waals surface area contributed by atoms with E-state index in [2.05, 4.69) is 0 Å². The Morgan fingerprint density at radius 3 is 2.47 bits per heavy atom. The SMILES string of the molecule is O[C@H](CCl)[C@@H](O)OCCc1ccccc1. The maximum atomic E-state index is 9.24. The Kier molecular flexibility index (Phi) is 5.65. The summed E-state index contributed by atoms with van der Waals surface area (Å²) in [5.74, 6) is -0.0352. The Bertz CT molecular complexity index is 266. The van der Waals surface area contributed by atoms with Crippen molar-refractivity contribution < 1.29 is 14.9 Å². The smallest absolute Gasteiger partial charge is 0.181 e. The molecule has 0 unspecified atom stereocenters. The van der Waals surface area contributed by atoms with Crippen LogP contribution in [0.25, 0.3) is 0 Å². The van der Waals surface area contributed by atoms with Crippen LogP contribution in [0.5, 0.6) is 0 Å². The maximum absolute atomic E-state index is 9.24. The number of aliphatic hydroxyl groups excluding tert-OH is 2. The van der Waals surface area contributed by atoms with Crippen molar-refractivity contribution in [2.75, 3.05) is 12.5 Å². The number of alkyl halides is 1. The highest BCUT2D eigenvalue weighted by molar-refractivity contribution is 6.18. The summed E-state index contributed by atoms with van der Waals surface area (Å²) in [6, 6.07) is 9.79. The molecule has 0 aliphatic carbocycles. The number of aliphatic hydroxyl groups is 2. The van der Waals surface area contributed by atoms with Gasteiger partial charge in [-0.1, -0.05) is 30.3 Å². The van der Waals surface area contributed by atoms with E-state index in [1.807, 2.05) is 30.3 Å². The van der Waals surface area contributed by atoms with Gasteiger partial charge in [-0.3, -0.25) is 0 Å². The van der Waals surface area contributed by atoms with E-state index in [0.29, 0.717) is 13.0 Å². The van der Waals surface area contributed by atoms with Crippen LogP contribution in [-0.4, -0.2) is 35.1 Å². The molecule has 0 heterocycles. The highest BCUT2D eigenvalue weighted by Gasteiger charge is 2.14. The Labute approximate surface area is 94.3 Å². The summed E-state index contributed by atoms with van der Waals surface area (Å²) in [7, 11) is 0. The van der Waals surface area contributed by atoms with Crippen LogP contribution in [0.15, 0.2) is 30.3 Å². The Morgan fingerprint density at radius 1 is 1.20 bits per heavy atom. The fraction of sp³-hybridized carbons (Fsp3) is 0.455. The average molecular weight is 231 g/mol. The van der Waals surface area contributed by atoms with E-state index in [1.165, 1.54) is 0 Å². The number of hydrogen-bond acceptors (Lipinski definition) is 3. The Hall–Kier alpha value is -0.610. The molecular weight excluding hydrogens is 216 g/mol. The second kappa shape index (κ2) is 6.80. The van der Waals surface area contributed by atoms with E-state index >= 15 is 0 Å². The molecule has 0 aliphatic rings. The molecule has 0 amide bonds. The molecule has 0 saturated heterocycles. The lowest BCUT2D eigenvalue weighted by atomic mass is 10.2. The van der Waals surface area contributed by atoms with Gasteiger partial charge in [-0.25, -0.2) is 0 Å². The van der Waals surface area contributed by atoms with Crippen LogP contribution < -0.4 is 0 Å². The van der Waals surface area contributed by atoms with Gasteiger partial charge in [-0.15, -0.1) is 11.6 Å². The molecule has 1 aromatic rings. The molecule has 0 fully saturated rings. The molecule has 15 heavy (non-hydrogen) atoms. The highest BCUT2D eigenvalue weighted by Crippen LogP contribution is 2.03. The second-order valence-corrected chi connectivity index (χ2v) is 3.53. The van der Waals surface area contributed by atoms with Gasteiger partial charge in [0.25, 0.3) is 0 Å². The first-order chi connectivity index (χ1) is 7.24. The molecule has 4 heteroatoms. The largest absolute Gasteiger partial charge is 0.387 e. The van der Waals surface area contributed by atoms with Gasteiger partial charge in [0.2, 0.25) is 0 Å². The molecule has 2 N–H and O–H groups in total. The van der Waals surface area contributed by atoms with E-state index < -0.39 is 12.4 Å². The van der Waals surface area contributed by atoms with Crippen LogP contribution in [0.3, 0.4) is 0 Å². The molecule has 0 spiro atoms. The molecule has 0 bridgehead atoms. The highest BCUT2D eigenvalue weighted by atomic mass is 35.5. The minimum absolute atomic E-state index is 0.0352. The predicted octanol–water partition coefficient (Wildman–Crippen LogP) is 1.16. The lowest BCUT2D eigenvalue weighted by molar-refractivity contribution is -0.154. The van der Waals surface area contributed by atoms with Crippen molar-refractivity contribution >= 4 is 11.6 Å². The average Bonchev–Trinajstić information content (AvgIpc) is 2.29. The van der Waals surface area contributed by atoms with Gasteiger partial charge >= 0.3 is 0 Å². The third kappa shape index (κ3) is 4.62. The molecule has 1 rings (SSSR count). The minimum atomic E-state index is -1.20. The van der Waals surface area contributed by atoms with E-state index in [4.69, 9.17) is 21.4 Å². The minimum Gasteiger partial charge on any atom is -0.387 e. The van der Waals surface area contributed by atoms with Crippen molar-refractivity contribution in [3.63, 3.8) is 0 Å². The fourth-order valence-corrected chi connectivity index (χ4v) is 1.28. The van der Waals surface area contributed by atoms with Crippen LogP contribution in [0.2, 0.25) is 0 Å². The van der Waals surface area contributed by atoms with Crippen molar-refractivity contribution in [2.24, 2.45) is 0 Å². The van der Waals surface area contributed by atoms with Crippen LogP contribution in [-0.2, 0) is 11.2 Å². The first-order valence-corrected chi connectivity index (χ1v) is 5.35. The lowest BCUT2D eigenvalue weighted by Crippen LogP contribution is -2.30. The van der Waals surface area contributed by atoms with Gasteiger partial charge in [-0.05, 0) is 12.0 Å². The van der Waals surface area contributed by atoms with Gasteiger partial charge in [0.15, 0.2) is 6.29 Å². The number of hydrogen-bond donors (Lipinski definition) is 2. The van der Waals surface area contributed by atoms with Crippen LogP contribution >= 0.6 is 11.6 Å². The zero-order chi connectivity index (χ0) is 11.1. The molecule has 1 aromatic carbocycles. The number of halogens is 1. The third-order valence-electron chi connectivity index (χ3n) is 2.01. The fourth-order valence-electron chi connectivity index (χ4n) is 1.13. The Morgan fingerprint density at radius 2 is 1.87 bits per heavy atom. The summed E-state index contributed by atoms with van der Waals surface area (Å²) in [6.45, 7) is 0.360. The predicted molar refractivity (Wildman–Crippen MR) is 58.8 cm³/mol. The molecule has 84 valence electrons. The Balaban J connectivity index is 2.22. The number of rotatable bonds is 6. The third-order valence-corrected chi connectivity index (χ3v) is 2.33. The van der Waals surface area contributed by atoms with E-state index in [0.717, 1.165) is 5.56 Å². The van der Waals surface area contributed by atoms with Gasteiger partial charge in [-0.2, -0.15) is 0 Å². The molecule has 0 saturated carbocycles. The van der Waals surface area contributed by atoms with E-state index in [-0.39, 0.29) is 5.88 Å². The summed E-state index contributed by atoms with van der Waals surface area (Å²) >= 11 is 5.35. The molecule has 2 atom stereocenters. The first kappa shape index (κ1) is 12.5. The summed E-state index contributed by atoms with van der Waals surface area (Å²) in [4.78, 5) is 0. The maximum Gasteiger partial charge on any atom is 0.181 e. The van der Waals surface area contributed by atoms with E-state index in [1.54, 1.807) is 0 Å². The van der Waals surface area contributed by atoms with Crippen molar-refractivity contribution in [1.82, 2.24) is 0 Å². The summed E-state index contributed by atoms with van der Waals surface area (Å²) in [5.41, 5.74) is 1.13. The topological polar surface area (TPSA) is 49.7 Å². The number of benzene rings is 1.